The summed E-state index contributed by atoms with van der Waals surface area (Å²) < 4.78 is 1.04. The van der Waals surface area contributed by atoms with Gasteiger partial charge in [0.1, 0.15) is 0 Å². The molecule has 0 radical (unpaired) electrons. The van der Waals surface area contributed by atoms with Gasteiger partial charge in [0.2, 0.25) is 5.91 Å². The zero-order valence-corrected chi connectivity index (χ0v) is 16.1. The summed E-state index contributed by atoms with van der Waals surface area (Å²) in [4.78, 5) is 28.8. The van der Waals surface area contributed by atoms with Crippen LogP contribution in [-0.2, 0) is 4.79 Å². The van der Waals surface area contributed by atoms with Crippen LogP contribution in [0.3, 0.4) is 0 Å². The molecular weight excluding hydrogens is 346 g/mol. The number of aryl methyl sites for hydroxylation is 4. The maximum absolute atomic E-state index is 12.2. The highest BCUT2D eigenvalue weighted by atomic mass is 32.1. The Kier molecular flexibility index (Phi) is 5.04. The van der Waals surface area contributed by atoms with Crippen LogP contribution in [0.1, 0.15) is 32.6 Å². The molecule has 0 unspecified atom stereocenters. The van der Waals surface area contributed by atoms with Crippen molar-refractivity contribution in [3.63, 3.8) is 0 Å². The molecule has 0 aliphatic rings. The minimum absolute atomic E-state index is 0.0975. The van der Waals surface area contributed by atoms with Crippen LogP contribution in [-0.4, -0.2) is 23.3 Å². The second kappa shape index (κ2) is 7.25. The third-order valence-electron chi connectivity index (χ3n) is 4.25. The van der Waals surface area contributed by atoms with E-state index in [-0.39, 0.29) is 18.4 Å². The van der Waals surface area contributed by atoms with Crippen LogP contribution in [0, 0.1) is 27.7 Å². The third-order valence-corrected chi connectivity index (χ3v) is 5.17. The molecule has 0 saturated heterocycles. The molecule has 2 aromatic carbocycles. The fourth-order valence-corrected chi connectivity index (χ4v) is 3.79. The fourth-order valence-electron chi connectivity index (χ4n) is 2.73. The summed E-state index contributed by atoms with van der Waals surface area (Å²) in [7, 11) is 0. The Bertz CT molecular complexity index is 1010. The summed E-state index contributed by atoms with van der Waals surface area (Å²) in [6.07, 6.45) is 0. The molecule has 0 atom stereocenters. The topological polar surface area (TPSA) is 71.1 Å². The first-order valence-corrected chi connectivity index (χ1v) is 9.18. The summed E-state index contributed by atoms with van der Waals surface area (Å²) in [5, 5.41) is 5.95. The van der Waals surface area contributed by atoms with Crippen molar-refractivity contribution >= 4 is 38.5 Å². The predicted octanol–water partition coefficient (Wildman–Crippen LogP) is 3.90. The largest absolute Gasteiger partial charge is 0.343 e. The van der Waals surface area contributed by atoms with Crippen LogP contribution in [0.2, 0.25) is 0 Å². The van der Waals surface area contributed by atoms with E-state index in [1.54, 1.807) is 6.07 Å². The van der Waals surface area contributed by atoms with Crippen molar-refractivity contribution in [1.29, 1.82) is 0 Å². The van der Waals surface area contributed by atoms with E-state index in [0.29, 0.717) is 10.7 Å². The monoisotopic (exact) mass is 367 g/mol. The van der Waals surface area contributed by atoms with Crippen LogP contribution in [0.4, 0.5) is 5.13 Å². The van der Waals surface area contributed by atoms with E-state index in [2.05, 4.69) is 27.8 Å². The predicted molar refractivity (Wildman–Crippen MR) is 106 cm³/mol. The molecule has 3 rings (SSSR count). The molecule has 26 heavy (non-hydrogen) atoms. The Morgan fingerprint density at radius 3 is 2.50 bits per heavy atom. The van der Waals surface area contributed by atoms with Gasteiger partial charge in [0.25, 0.3) is 5.91 Å². The fraction of sp³-hybridized carbons (Fsp3) is 0.250. The van der Waals surface area contributed by atoms with Crippen molar-refractivity contribution in [2.45, 2.75) is 27.7 Å². The first-order valence-electron chi connectivity index (χ1n) is 8.36. The molecule has 1 aromatic heterocycles. The number of aromatic nitrogens is 1. The molecule has 0 aliphatic heterocycles. The van der Waals surface area contributed by atoms with Crippen molar-refractivity contribution < 1.29 is 9.59 Å². The van der Waals surface area contributed by atoms with E-state index in [0.717, 1.165) is 32.5 Å². The third kappa shape index (κ3) is 3.91. The summed E-state index contributed by atoms with van der Waals surface area (Å²) in [5.41, 5.74) is 5.86. The summed E-state index contributed by atoms with van der Waals surface area (Å²) in [6.45, 7) is 7.89. The van der Waals surface area contributed by atoms with E-state index in [1.165, 1.54) is 11.3 Å². The Morgan fingerprint density at radius 1 is 1.00 bits per heavy atom. The molecule has 1 heterocycles. The highest BCUT2D eigenvalue weighted by Gasteiger charge is 2.12. The SMILES string of the molecule is Cc1cc(C)c2nc(NC(=O)CNC(=O)c3ccc(C)c(C)c3)sc2c1. The first kappa shape index (κ1) is 18.1. The molecule has 6 heteroatoms. The van der Waals surface area contributed by atoms with Gasteiger partial charge in [0.15, 0.2) is 5.13 Å². The zero-order chi connectivity index (χ0) is 18.8. The summed E-state index contributed by atoms with van der Waals surface area (Å²) in [5.74, 6) is -0.561. The number of carbonyl (C=O) groups is 2. The average Bonchev–Trinajstić information content (AvgIpc) is 2.97. The minimum atomic E-state index is -0.296. The first-order chi connectivity index (χ1) is 12.3. The van der Waals surface area contributed by atoms with Gasteiger partial charge in [0, 0.05) is 5.56 Å². The second-order valence-corrected chi connectivity index (χ2v) is 7.51. The van der Waals surface area contributed by atoms with E-state index in [4.69, 9.17) is 0 Å². The van der Waals surface area contributed by atoms with Crippen molar-refractivity contribution in [3.8, 4) is 0 Å². The molecule has 3 aromatic rings. The molecule has 0 bridgehead atoms. The highest BCUT2D eigenvalue weighted by Crippen LogP contribution is 2.29. The van der Waals surface area contributed by atoms with Crippen LogP contribution in [0.15, 0.2) is 30.3 Å². The Morgan fingerprint density at radius 2 is 1.77 bits per heavy atom. The number of hydrogen-bond donors (Lipinski definition) is 2. The quantitative estimate of drug-likeness (QED) is 0.735. The van der Waals surface area contributed by atoms with Gasteiger partial charge in [-0.05, 0) is 68.1 Å². The molecule has 0 aliphatic carbocycles. The lowest BCUT2D eigenvalue weighted by Gasteiger charge is -2.07. The van der Waals surface area contributed by atoms with Gasteiger partial charge >= 0.3 is 0 Å². The smallest absolute Gasteiger partial charge is 0.251 e. The number of amides is 2. The molecule has 5 nitrogen and oxygen atoms in total. The van der Waals surface area contributed by atoms with Crippen LogP contribution in [0.5, 0.6) is 0 Å². The lowest BCUT2D eigenvalue weighted by atomic mass is 10.1. The maximum atomic E-state index is 12.2. The van der Waals surface area contributed by atoms with Gasteiger partial charge in [-0.15, -0.1) is 0 Å². The van der Waals surface area contributed by atoms with Crippen molar-refractivity contribution in [2.24, 2.45) is 0 Å². The Balaban J connectivity index is 1.63. The maximum Gasteiger partial charge on any atom is 0.251 e. The lowest BCUT2D eigenvalue weighted by Crippen LogP contribution is -2.32. The molecular formula is C20H21N3O2S. The van der Waals surface area contributed by atoms with Crippen molar-refractivity contribution in [2.75, 3.05) is 11.9 Å². The van der Waals surface area contributed by atoms with Gasteiger partial charge < -0.3 is 10.6 Å². The summed E-state index contributed by atoms with van der Waals surface area (Å²) >= 11 is 1.43. The number of rotatable bonds is 4. The van der Waals surface area contributed by atoms with Gasteiger partial charge in [0.05, 0.1) is 16.8 Å². The number of nitrogens with one attached hydrogen (secondary N) is 2. The molecule has 0 saturated carbocycles. The number of fused-ring (bicyclic) bond motifs is 1. The van der Waals surface area contributed by atoms with Crippen molar-refractivity contribution in [1.82, 2.24) is 10.3 Å². The standard InChI is InChI=1S/C20H21N3O2S/c1-11-7-14(4)18-16(8-11)26-20(23-18)22-17(24)10-21-19(25)15-6-5-12(2)13(3)9-15/h5-9H,10H2,1-4H3,(H,21,25)(H,22,23,24). The van der Waals surface area contributed by atoms with Gasteiger partial charge in [-0.3, -0.25) is 9.59 Å². The number of thiazole rings is 1. The Labute approximate surface area is 156 Å². The Hall–Kier alpha value is -2.73. The number of hydrogen-bond acceptors (Lipinski definition) is 4. The molecule has 134 valence electrons. The minimum Gasteiger partial charge on any atom is -0.343 e. The van der Waals surface area contributed by atoms with E-state index >= 15 is 0 Å². The number of anilines is 1. The number of nitrogens with zero attached hydrogens (tertiary/aromatic N) is 1. The molecule has 0 fully saturated rings. The average molecular weight is 367 g/mol. The van der Waals surface area contributed by atoms with Gasteiger partial charge in [-0.1, -0.05) is 23.5 Å². The highest BCUT2D eigenvalue weighted by molar-refractivity contribution is 7.22. The summed E-state index contributed by atoms with van der Waals surface area (Å²) in [6, 6.07) is 9.60. The van der Waals surface area contributed by atoms with Crippen LogP contribution < -0.4 is 10.6 Å². The number of carbonyl (C=O) groups excluding carboxylic acids is 2. The molecule has 2 amide bonds. The molecule has 2 N–H and O–H groups in total. The second-order valence-electron chi connectivity index (χ2n) is 6.48. The number of benzene rings is 2. The van der Waals surface area contributed by atoms with Crippen LogP contribution in [0.25, 0.3) is 10.2 Å². The van der Waals surface area contributed by atoms with E-state index < -0.39 is 0 Å². The normalized spacial score (nSPS) is 10.8. The lowest BCUT2D eigenvalue weighted by molar-refractivity contribution is -0.115. The van der Waals surface area contributed by atoms with Crippen molar-refractivity contribution in [3.05, 3.63) is 58.1 Å². The van der Waals surface area contributed by atoms with E-state index in [1.807, 2.05) is 39.8 Å². The molecule has 0 spiro atoms. The van der Waals surface area contributed by atoms with Gasteiger partial charge in [-0.2, -0.15) is 0 Å². The van der Waals surface area contributed by atoms with Crippen LogP contribution >= 0.6 is 11.3 Å². The van der Waals surface area contributed by atoms with E-state index in [9.17, 15) is 9.59 Å². The zero-order valence-electron chi connectivity index (χ0n) is 15.3. The van der Waals surface area contributed by atoms with Gasteiger partial charge in [-0.25, -0.2) is 4.98 Å².